The molecule has 0 bridgehead atoms. The van der Waals surface area contributed by atoms with Crippen LogP contribution in [0.25, 0.3) is 0 Å². The molecular formula is C21H24N2O4. The molecule has 142 valence electrons. The Bertz CT molecular complexity index is 861. The van der Waals surface area contributed by atoms with Crippen molar-refractivity contribution < 1.29 is 19.1 Å². The average Bonchev–Trinajstić information content (AvgIpc) is 2.94. The van der Waals surface area contributed by atoms with E-state index in [-0.39, 0.29) is 24.0 Å². The van der Waals surface area contributed by atoms with Crippen LogP contribution in [-0.2, 0) is 11.2 Å². The molecule has 0 radical (unpaired) electrons. The minimum atomic E-state index is -0.307. The van der Waals surface area contributed by atoms with Gasteiger partial charge in [0, 0.05) is 29.8 Å². The first-order chi connectivity index (χ1) is 12.9. The number of hydrogen-bond donors (Lipinski definition) is 2. The molecule has 2 aromatic carbocycles. The van der Waals surface area contributed by atoms with E-state index in [0.29, 0.717) is 29.3 Å². The van der Waals surface area contributed by atoms with E-state index in [2.05, 4.69) is 10.6 Å². The molecule has 27 heavy (non-hydrogen) atoms. The maximum absolute atomic E-state index is 12.2. The zero-order valence-electron chi connectivity index (χ0n) is 15.8. The summed E-state index contributed by atoms with van der Waals surface area (Å²) in [6.07, 6.45) is 0.804. The predicted octanol–water partition coefficient (Wildman–Crippen LogP) is 3.17. The van der Waals surface area contributed by atoms with Gasteiger partial charge >= 0.3 is 0 Å². The fourth-order valence-electron chi connectivity index (χ4n) is 3.04. The van der Waals surface area contributed by atoms with E-state index in [9.17, 15) is 9.59 Å². The molecule has 0 aliphatic carbocycles. The van der Waals surface area contributed by atoms with Crippen molar-refractivity contribution >= 4 is 17.5 Å². The van der Waals surface area contributed by atoms with E-state index in [1.165, 1.54) is 0 Å². The van der Waals surface area contributed by atoms with Gasteiger partial charge in [-0.25, -0.2) is 0 Å². The number of benzene rings is 2. The van der Waals surface area contributed by atoms with E-state index < -0.39 is 0 Å². The maximum Gasteiger partial charge on any atom is 0.262 e. The smallest absolute Gasteiger partial charge is 0.262 e. The maximum atomic E-state index is 12.2. The Morgan fingerprint density at radius 2 is 1.96 bits per heavy atom. The monoisotopic (exact) mass is 368 g/mol. The summed E-state index contributed by atoms with van der Waals surface area (Å²) in [7, 11) is 0. The van der Waals surface area contributed by atoms with Crippen LogP contribution in [0.15, 0.2) is 42.5 Å². The summed E-state index contributed by atoms with van der Waals surface area (Å²) in [4.78, 5) is 24.1. The molecule has 0 spiro atoms. The first kappa shape index (κ1) is 18.8. The SMILES string of the molecule is CCNC(=O)c1cccc(NC(=O)COc2cccc3c2OC(C)(C)C3)c1. The number of nitrogens with one attached hydrogen (secondary N) is 2. The third-order valence-electron chi connectivity index (χ3n) is 4.16. The van der Waals surface area contributed by atoms with Crippen molar-refractivity contribution in [2.75, 3.05) is 18.5 Å². The Kier molecular flexibility index (Phi) is 5.35. The van der Waals surface area contributed by atoms with E-state index in [4.69, 9.17) is 9.47 Å². The minimum Gasteiger partial charge on any atom is -0.483 e. The molecule has 6 nitrogen and oxygen atoms in total. The molecule has 3 rings (SSSR count). The number of carbonyl (C=O) groups is 2. The van der Waals surface area contributed by atoms with E-state index in [1.807, 2.05) is 32.9 Å². The molecule has 0 atom stereocenters. The van der Waals surface area contributed by atoms with E-state index in [1.54, 1.807) is 30.3 Å². The molecule has 1 heterocycles. The number of amides is 2. The lowest BCUT2D eigenvalue weighted by atomic mass is 10.0. The van der Waals surface area contributed by atoms with E-state index >= 15 is 0 Å². The second-order valence-electron chi connectivity index (χ2n) is 7.06. The largest absolute Gasteiger partial charge is 0.483 e. The predicted molar refractivity (Wildman–Crippen MR) is 103 cm³/mol. The van der Waals surface area contributed by atoms with Crippen LogP contribution in [0.3, 0.4) is 0 Å². The molecule has 1 aliphatic heterocycles. The molecule has 0 unspecified atom stereocenters. The summed E-state index contributed by atoms with van der Waals surface area (Å²) in [5.74, 6) is 0.778. The number of rotatable bonds is 6. The standard InChI is InChI=1S/C21H24N2O4/c1-4-22-20(25)14-7-5-9-16(11-14)23-18(24)13-26-17-10-6-8-15-12-21(2,3)27-19(15)17/h5-11H,4,12-13H2,1-3H3,(H,22,25)(H,23,24). The number of hydrogen-bond acceptors (Lipinski definition) is 4. The van der Waals surface area contributed by atoms with Gasteiger partial charge in [-0.05, 0) is 45.0 Å². The second kappa shape index (κ2) is 7.70. The van der Waals surface area contributed by atoms with Gasteiger partial charge in [0.25, 0.3) is 11.8 Å². The van der Waals surface area contributed by atoms with Crippen LogP contribution in [0.5, 0.6) is 11.5 Å². The molecule has 2 amide bonds. The third-order valence-corrected chi connectivity index (χ3v) is 4.16. The normalized spacial score (nSPS) is 14.0. The topological polar surface area (TPSA) is 76.7 Å². The summed E-state index contributed by atoms with van der Waals surface area (Å²) >= 11 is 0. The first-order valence-corrected chi connectivity index (χ1v) is 9.00. The zero-order valence-corrected chi connectivity index (χ0v) is 15.8. The highest BCUT2D eigenvalue weighted by Gasteiger charge is 2.32. The first-order valence-electron chi connectivity index (χ1n) is 9.00. The van der Waals surface area contributed by atoms with Crippen LogP contribution in [0.4, 0.5) is 5.69 Å². The second-order valence-corrected chi connectivity index (χ2v) is 7.06. The van der Waals surface area contributed by atoms with Crippen molar-refractivity contribution in [2.24, 2.45) is 0 Å². The Balaban J connectivity index is 1.61. The van der Waals surface area contributed by atoms with Crippen LogP contribution in [0, 0.1) is 0 Å². The highest BCUT2D eigenvalue weighted by Crippen LogP contribution is 2.41. The van der Waals surface area contributed by atoms with Crippen LogP contribution < -0.4 is 20.1 Å². The van der Waals surface area contributed by atoms with Gasteiger partial charge in [0.05, 0.1) is 0 Å². The number of anilines is 1. The minimum absolute atomic E-state index is 0.147. The van der Waals surface area contributed by atoms with Gasteiger partial charge in [-0.1, -0.05) is 18.2 Å². The number of para-hydroxylation sites is 1. The summed E-state index contributed by atoms with van der Waals surface area (Å²) in [6, 6.07) is 12.5. The van der Waals surface area contributed by atoms with E-state index in [0.717, 1.165) is 12.0 Å². The van der Waals surface area contributed by atoms with Crippen LogP contribution in [0.1, 0.15) is 36.7 Å². The molecule has 1 aliphatic rings. The Morgan fingerprint density at radius 1 is 1.19 bits per heavy atom. The van der Waals surface area contributed by atoms with Gasteiger partial charge in [0.15, 0.2) is 18.1 Å². The van der Waals surface area contributed by atoms with Gasteiger partial charge in [0.2, 0.25) is 0 Å². The molecule has 2 N–H and O–H groups in total. The number of carbonyl (C=O) groups excluding carboxylic acids is 2. The van der Waals surface area contributed by atoms with Crippen molar-refractivity contribution in [3.05, 3.63) is 53.6 Å². The quantitative estimate of drug-likeness (QED) is 0.821. The lowest BCUT2D eigenvalue weighted by Gasteiger charge is -2.18. The molecule has 6 heteroatoms. The van der Waals surface area contributed by atoms with Gasteiger partial charge < -0.3 is 20.1 Å². The summed E-state index contributed by atoms with van der Waals surface area (Å²) in [6.45, 7) is 6.29. The average molecular weight is 368 g/mol. The van der Waals surface area contributed by atoms with Crippen molar-refractivity contribution in [1.82, 2.24) is 5.32 Å². The summed E-state index contributed by atoms with van der Waals surface area (Å²) < 4.78 is 11.6. The Labute approximate surface area is 158 Å². The van der Waals surface area contributed by atoms with Crippen molar-refractivity contribution in [3.63, 3.8) is 0 Å². The molecule has 0 aromatic heterocycles. The summed E-state index contributed by atoms with van der Waals surface area (Å²) in [5, 5.41) is 5.48. The molecule has 0 saturated carbocycles. The molecule has 0 fully saturated rings. The molecule has 2 aromatic rings. The lowest BCUT2D eigenvalue weighted by molar-refractivity contribution is -0.118. The highest BCUT2D eigenvalue weighted by molar-refractivity contribution is 5.97. The number of ether oxygens (including phenoxy) is 2. The Morgan fingerprint density at radius 3 is 2.74 bits per heavy atom. The van der Waals surface area contributed by atoms with Gasteiger partial charge in [-0.15, -0.1) is 0 Å². The van der Waals surface area contributed by atoms with Crippen LogP contribution >= 0.6 is 0 Å². The lowest BCUT2D eigenvalue weighted by Crippen LogP contribution is -2.25. The van der Waals surface area contributed by atoms with Crippen molar-refractivity contribution in [2.45, 2.75) is 32.8 Å². The van der Waals surface area contributed by atoms with Crippen LogP contribution in [-0.4, -0.2) is 30.6 Å². The number of fused-ring (bicyclic) bond motifs is 1. The van der Waals surface area contributed by atoms with Gasteiger partial charge in [-0.2, -0.15) is 0 Å². The third kappa shape index (κ3) is 4.58. The van der Waals surface area contributed by atoms with Gasteiger partial charge in [-0.3, -0.25) is 9.59 Å². The van der Waals surface area contributed by atoms with Crippen LogP contribution in [0.2, 0.25) is 0 Å². The zero-order chi connectivity index (χ0) is 19.4. The van der Waals surface area contributed by atoms with Gasteiger partial charge in [0.1, 0.15) is 5.60 Å². The Hall–Kier alpha value is -3.02. The molecular weight excluding hydrogens is 344 g/mol. The fourth-order valence-corrected chi connectivity index (χ4v) is 3.04. The van der Waals surface area contributed by atoms with Crippen molar-refractivity contribution in [3.8, 4) is 11.5 Å². The summed E-state index contributed by atoms with van der Waals surface area (Å²) in [5.41, 5.74) is 1.84. The highest BCUT2D eigenvalue weighted by atomic mass is 16.5. The van der Waals surface area contributed by atoms with Crippen molar-refractivity contribution in [1.29, 1.82) is 0 Å². The fraction of sp³-hybridized carbons (Fsp3) is 0.333. The molecule has 0 saturated heterocycles.